The van der Waals surface area contributed by atoms with Crippen molar-refractivity contribution in [2.75, 3.05) is 26.3 Å². The van der Waals surface area contributed by atoms with E-state index in [1.807, 2.05) is 0 Å². The molecule has 3 rings (SSSR count). The molecule has 2 amide bonds. The van der Waals surface area contributed by atoms with Gasteiger partial charge in [-0.15, -0.1) is 0 Å². The lowest BCUT2D eigenvalue weighted by Crippen LogP contribution is -2.30. The fourth-order valence-corrected chi connectivity index (χ4v) is 2.97. The maximum atomic E-state index is 12.2. The van der Waals surface area contributed by atoms with Crippen LogP contribution in [-0.2, 0) is 9.59 Å². The predicted octanol–water partition coefficient (Wildman–Crippen LogP) is 1.46. The van der Waals surface area contributed by atoms with E-state index in [4.69, 9.17) is 26.8 Å². The molecule has 2 aliphatic heterocycles. The first-order chi connectivity index (χ1) is 11.0. The first kappa shape index (κ1) is 15.7. The molecule has 1 atom stereocenters. The topological polar surface area (TPSA) is 81.9 Å². The second-order valence-electron chi connectivity index (χ2n) is 5.53. The quantitative estimate of drug-likeness (QED) is 0.847. The van der Waals surface area contributed by atoms with Crippen molar-refractivity contribution in [2.45, 2.75) is 6.42 Å². The third kappa shape index (κ3) is 3.42. The molecule has 2 heterocycles. The fraction of sp³-hybridized carbons (Fsp3) is 0.375. The largest absolute Gasteiger partial charge is 0.486 e. The number of benzene rings is 1. The van der Waals surface area contributed by atoms with E-state index < -0.39 is 0 Å². The molecule has 1 fully saturated rings. The second kappa shape index (κ2) is 6.50. The fourth-order valence-electron chi connectivity index (χ4n) is 2.69. The van der Waals surface area contributed by atoms with E-state index in [0.29, 0.717) is 49.2 Å². The van der Waals surface area contributed by atoms with Gasteiger partial charge in [-0.25, -0.2) is 0 Å². The van der Waals surface area contributed by atoms with Gasteiger partial charge in [-0.2, -0.15) is 0 Å². The standard InChI is InChI=1S/C16H17ClN2O4/c17-12-7-10(8-13-15(12)23-6-5-22-13)1-2-14(20)19-4-3-11(9-19)16(18)21/h1-2,7-8,11H,3-6,9H2,(H2,18,21)/b2-1-/t11-/m1/s1. The van der Waals surface area contributed by atoms with Crippen molar-refractivity contribution in [2.24, 2.45) is 11.7 Å². The Morgan fingerprint density at radius 3 is 2.83 bits per heavy atom. The van der Waals surface area contributed by atoms with E-state index >= 15 is 0 Å². The van der Waals surface area contributed by atoms with Gasteiger partial charge in [-0.1, -0.05) is 11.6 Å². The summed E-state index contributed by atoms with van der Waals surface area (Å²) in [6, 6.07) is 3.50. The number of fused-ring (bicyclic) bond motifs is 1. The van der Waals surface area contributed by atoms with Crippen LogP contribution in [0.5, 0.6) is 11.5 Å². The molecule has 2 N–H and O–H groups in total. The highest BCUT2D eigenvalue weighted by Gasteiger charge is 2.28. The lowest BCUT2D eigenvalue weighted by molar-refractivity contribution is -0.125. The highest BCUT2D eigenvalue weighted by molar-refractivity contribution is 6.32. The zero-order valence-electron chi connectivity index (χ0n) is 12.5. The van der Waals surface area contributed by atoms with Crippen LogP contribution in [0.2, 0.25) is 5.02 Å². The summed E-state index contributed by atoms with van der Waals surface area (Å²) >= 11 is 6.16. The van der Waals surface area contributed by atoms with Gasteiger partial charge in [-0.05, 0) is 30.2 Å². The number of likely N-dealkylation sites (tertiary alicyclic amines) is 1. The number of nitrogens with two attached hydrogens (primary N) is 1. The van der Waals surface area contributed by atoms with Gasteiger partial charge < -0.3 is 20.1 Å². The molecule has 0 saturated carbocycles. The van der Waals surface area contributed by atoms with Crippen molar-refractivity contribution < 1.29 is 19.1 Å². The number of nitrogens with zero attached hydrogens (tertiary/aromatic N) is 1. The molecule has 1 aromatic carbocycles. The lowest BCUT2D eigenvalue weighted by Gasteiger charge is -2.19. The number of carbonyl (C=O) groups is 2. The van der Waals surface area contributed by atoms with Crippen LogP contribution in [0.25, 0.3) is 6.08 Å². The van der Waals surface area contributed by atoms with Crippen LogP contribution in [-0.4, -0.2) is 43.0 Å². The summed E-state index contributed by atoms with van der Waals surface area (Å²) in [5.74, 6) is 0.342. The Kier molecular flexibility index (Phi) is 4.43. The van der Waals surface area contributed by atoms with E-state index in [2.05, 4.69) is 0 Å². The van der Waals surface area contributed by atoms with Crippen molar-refractivity contribution in [3.05, 3.63) is 28.8 Å². The molecule has 122 valence electrons. The van der Waals surface area contributed by atoms with Crippen LogP contribution in [0.1, 0.15) is 12.0 Å². The van der Waals surface area contributed by atoms with E-state index in [0.717, 1.165) is 5.56 Å². The van der Waals surface area contributed by atoms with Crippen molar-refractivity contribution in [1.29, 1.82) is 0 Å². The molecule has 7 heteroatoms. The number of hydrogen-bond donors (Lipinski definition) is 1. The third-order valence-corrected chi connectivity index (χ3v) is 4.22. The Labute approximate surface area is 138 Å². The minimum absolute atomic E-state index is 0.153. The van der Waals surface area contributed by atoms with Crippen molar-refractivity contribution >= 4 is 29.5 Å². The predicted molar refractivity (Wildman–Crippen MR) is 85.4 cm³/mol. The average molecular weight is 337 g/mol. The first-order valence-electron chi connectivity index (χ1n) is 7.40. The Hall–Kier alpha value is -2.21. The average Bonchev–Trinajstić information content (AvgIpc) is 3.03. The van der Waals surface area contributed by atoms with Crippen molar-refractivity contribution in [1.82, 2.24) is 4.90 Å². The molecule has 0 radical (unpaired) electrons. The summed E-state index contributed by atoms with van der Waals surface area (Å²) < 4.78 is 11.0. The molecule has 0 bridgehead atoms. The lowest BCUT2D eigenvalue weighted by atomic mass is 10.1. The molecule has 6 nitrogen and oxygen atoms in total. The molecule has 0 aliphatic carbocycles. The minimum atomic E-state index is -0.358. The normalized spacial score (nSPS) is 20.0. The van der Waals surface area contributed by atoms with Gasteiger partial charge in [0.15, 0.2) is 11.5 Å². The molecule has 0 unspecified atom stereocenters. The molecular formula is C16H17ClN2O4. The van der Waals surface area contributed by atoms with Gasteiger partial charge >= 0.3 is 0 Å². The summed E-state index contributed by atoms with van der Waals surface area (Å²) in [4.78, 5) is 24.9. The van der Waals surface area contributed by atoms with Crippen molar-refractivity contribution in [3.63, 3.8) is 0 Å². The SMILES string of the molecule is NC(=O)[C@@H]1CCN(C(=O)/C=C\c2cc(Cl)c3c(c2)OCCO3)C1. The zero-order valence-corrected chi connectivity index (χ0v) is 13.2. The smallest absolute Gasteiger partial charge is 0.246 e. The Balaban J connectivity index is 1.69. The maximum absolute atomic E-state index is 12.2. The molecule has 0 aromatic heterocycles. The van der Waals surface area contributed by atoms with Gasteiger partial charge in [0.25, 0.3) is 0 Å². The number of ether oxygens (including phenoxy) is 2. The minimum Gasteiger partial charge on any atom is -0.486 e. The van der Waals surface area contributed by atoms with Crippen LogP contribution in [0, 0.1) is 5.92 Å². The maximum Gasteiger partial charge on any atom is 0.246 e. The Morgan fingerprint density at radius 1 is 1.30 bits per heavy atom. The van der Waals surface area contributed by atoms with Crippen LogP contribution >= 0.6 is 11.6 Å². The number of rotatable bonds is 3. The molecular weight excluding hydrogens is 320 g/mol. The Morgan fingerprint density at radius 2 is 2.09 bits per heavy atom. The third-order valence-electron chi connectivity index (χ3n) is 3.94. The van der Waals surface area contributed by atoms with Crippen molar-refractivity contribution in [3.8, 4) is 11.5 Å². The highest BCUT2D eigenvalue weighted by atomic mass is 35.5. The summed E-state index contributed by atoms with van der Waals surface area (Å²) in [6.45, 7) is 1.85. The number of carbonyl (C=O) groups excluding carboxylic acids is 2. The van der Waals surface area contributed by atoms with Gasteiger partial charge in [0.1, 0.15) is 13.2 Å². The summed E-state index contributed by atoms with van der Waals surface area (Å²) in [7, 11) is 0. The summed E-state index contributed by atoms with van der Waals surface area (Å²) in [5.41, 5.74) is 6.02. The monoisotopic (exact) mass is 336 g/mol. The second-order valence-corrected chi connectivity index (χ2v) is 5.94. The number of amides is 2. The van der Waals surface area contributed by atoms with Crippen LogP contribution < -0.4 is 15.2 Å². The summed E-state index contributed by atoms with van der Waals surface area (Å²) in [6.07, 6.45) is 3.75. The summed E-state index contributed by atoms with van der Waals surface area (Å²) in [5, 5.41) is 0.448. The van der Waals surface area contributed by atoms with E-state index in [1.54, 1.807) is 23.1 Å². The van der Waals surface area contributed by atoms with E-state index in [9.17, 15) is 9.59 Å². The number of primary amides is 1. The van der Waals surface area contributed by atoms with Crippen LogP contribution in [0.15, 0.2) is 18.2 Å². The van der Waals surface area contributed by atoms with Gasteiger partial charge in [0, 0.05) is 19.2 Å². The molecule has 2 aliphatic rings. The zero-order chi connectivity index (χ0) is 16.4. The molecule has 23 heavy (non-hydrogen) atoms. The number of hydrogen-bond acceptors (Lipinski definition) is 4. The molecule has 0 spiro atoms. The molecule has 1 aromatic rings. The van der Waals surface area contributed by atoms with Crippen LogP contribution in [0.4, 0.5) is 0 Å². The van der Waals surface area contributed by atoms with Crippen LogP contribution in [0.3, 0.4) is 0 Å². The highest BCUT2D eigenvalue weighted by Crippen LogP contribution is 2.38. The Bertz CT molecular complexity index is 674. The van der Waals surface area contributed by atoms with Gasteiger partial charge in [-0.3, -0.25) is 9.59 Å². The van der Waals surface area contributed by atoms with E-state index in [1.165, 1.54) is 6.08 Å². The van der Waals surface area contributed by atoms with Gasteiger partial charge in [0.05, 0.1) is 10.9 Å². The van der Waals surface area contributed by atoms with Gasteiger partial charge in [0.2, 0.25) is 11.8 Å². The van der Waals surface area contributed by atoms with E-state index in [-0.39, 0.29) is 17.7 Å². The molecule has 1 saturated heterocycles. The number of halogens is 1. The first-order valence-corrected chi connectivity index (χ1v) is 7.78.